The van der Waals surface area contributed by atoms with Crippen LogP contribution in [0.1, 0.15) is 24.0 Å². The van der Waals surface area contributed by atoms with Crippen LogP contribution in [0, 0.1) is 6.92 Å². The minimum atomic E-state index is 0.275. The van der Waals surface area contributed by atoms with Gasteiger partial charge in [0.15, 0.2) is 0 Å². The Labute approximate surface area is 71.5 Å². The number of rotatable bonds is 3. The highest BCUT2D eigenvalue weighted by Crippen LogP contribution is 2.09. The predicted octanol–water partition coefficient (Wildman–Crippen LogP) is 1.73. The van der Waals surface area contributed by atoms with Crippen LogP contribution in [0.4, 0.5) is 0 Å². The summed E-state index contributed by atoms with van der Waals surface area (Å²) in [4.78, 5) is 4.34. The summed E-state index contributed by atoms with van der Waals surface area (Å²) in [7, 11) is 0. The molecule has 1 aromatic rings. The molecule has 0 radical (unpaired) electrons. The number of aryl methyl sites for hydroxylation is 1. The summed E-state index contributed by atoms with van der Waals surface area (Å²) in [5.41, 5.74) is 6.92. The Morgan fingerprint density at radius 3 is 2.91 bits per heavy atom. The van der Waals surface area contributed by atoms with Crippen molar-refractivity contribution >= 4 is 11.3 Å². The van der Waals surface area contributed by atoms with E-state index in [4.69, 9.17) is 5.73 Å². The first-order valence-electron chi connectivity index (χ1n) is 3.89. The third-order valence-electron chi connectivity index (χ3n) is 1.66. The van der Waals surface area contributed by atoms with E-state index in [1.165, 1.54) is 0 Å². The van der Waals surface area contributed by atoms with E-state index in [0.717, 1.165) is 23.5 Å². The molecule has 1 heterocycles. The molecule has 0 amide bonds. The van der Waals surface area contributed by atoms with Crippen LogP contribution < -0.4 is 5.73 Å². The van der Waals surface area contributed by atoms with Gasteiger partial charge in [-0.3, -0.25) is 0 Å². The number of nitrogens with two attached hydrogens (primary N) is 1. The second-order valence-corrected chi connectivity index (χ2v) is 3.79. The summed E-state index contributed by atoms with van der Waals surface area (Å²) >= 11 is 1.69. The summed E-state index contributed by atoms with van der Waals surface area (Å²) in [5, 5.41) is 3.22. The van der Waals surface area contributed by atoms with Crippen molar-refractivity contribution < 1.29 is 0 Å². The molecule has 11 heavy (non-hydrogen) atoms. The molecule has 0 bridgehead atoms. The van der Waals surface area contributed by atoms with E-state index < -0.39 is 0 Å². The van der Waals surface area contributed by atoms with Crippen LogP contribution in [0.3, 0.4) is 0 Å². The van der Waals surface area contributed by atoms with Crippen LogP contribution in [0.25, 0.3) is 0 Å². The first kappa shape index (κ1) is 8.68. The predicted molar refractivity (Wildman–Crippen MR) is 48.8 cm³/mol. The molecule has 0 saturated carbocycles. The van der Waals surface area contributed by atoms with Gasteiger partial charge in [-0.1, -0.05) is 6.92 Å². The lowest BCUT2D eigenvalue weighted by atomic mass is 10.1. The van der Waals surface area contributed by atoms with Gasteiger partial charge in [-0.15, -0.1) is 11.3 Å². The Bertz CT molecular complexity index is 220. The van der Waals surface area contributed by atoms with Gasteiger partial charge in [0.2, 0.25) is 0 Å². The molecule has 3 heteroatoms. The van der Waals surface area contributed by atoms with Gasteiger partial charge in [-0.25, -0.2) is 4.98 Å². The molecule has 0 aliphatic rings. The van der Waals surface area contributed by atoms with Gasteiger partial charge < -0.3 is 5.73 Å². The smallest absolute Gasteiger partial charge is 0.0897 e. The van der Waals surface area contributed by atoms with Crippen LogP contribution >= 0.6 is 11.3 Å². The van der Waals surface area contributed by atoms with Gasteiger partial charge in [0, 0.05) is 17.8 Å². The summed E-state index contributed by atoms with van der Waals surface area (Å²) in [6, 6.07) is 0.275. The molecule has 1 rings (SSSR count). The lowest BCUT2D eigenvalue weighted by molar-refractivity contribution is 0.638. The highest BCUT2D eigenvalue weighted by atomic mass is 32.1. The number of hydrogen-bond donors (Lipinski definition) is 1. The molecule has 1 aromatic heterocycles. The number of nitrogens with zero attached hydrogens (tertiary/aromatic N) is 1. The highest BCUT2D eigenvalue weighted by Gasteiger charge is 2.03. The monoisotopic (exact) mass is 170 g/mol. The molecular weight excluding hydrogens is 156 g/mol. The topological polar surface area (TPSA) is 38.9 Å². The first-order chi connectivity index (χ1) is 5.22. The van der Waals surface area contributed by atoms with Gasteiger partial charge >= 0.3 is 0 Å². The largest absolute Gasteiger partial charge is 0.327 e. The molecule has 2 N–H and O–H groups in total. The van der Waals surface area contributed by atoms with E-state index in [2.05, 4.69) is 17.3 Å². The van der Waals surface area contributed by atoms with Crippen molar-refractivity contribution in [2.75, 3.05) is 0 Å². The normalized spacial score (nSPS) is 13.4. The van der Waals surface area contributed by atoms with Crippen molar-refractivity contribution in [3.05, 3.63) is 16.1 Å². The fraction of sp³-hybridized carbons (Fsp3) is 0.625. The zero-order valence-corrected chi connectivity index (χ0v) is 7.82. The van der Waals surface area contributed by atoms with E-state index in [1.54, 1.807) is 11.3 Å². The number of thiazole rings is 1. The van der Waals surface area contributed by atoms with Crippen molar-refractivity contribution in [3.63, 3.8) is 0 Å². The lowest BCUT2D eigenvalue weighted by Crippen LogP contribution is -2.21. The maximum Gasteiger partial charge on any atom is 0.0897 e. The SMILES string of the molecule is CC[C@H](N)Cc1csc(C)n1. The van der Waals surface area contributed by atoms with Crippen LogP contribution in [0.5, 0.6) is 0 Å². The van der Waals surface area contributed by atoms with Gasteiger partial charge in [0.05, 0.1) is 10.7 Å². The minimum Gasteiger partial charge on any atom is -0.327 e. The van der Waals surface area contributed by atoms with Crippen molar-refractivity contribution in [2.45, 2.75) is 32.7 Å². The second kappa shape index (κ2) is 3.83. The Morgan fingerprint density at radius 1 is 1.73 bits per heavy atom. The summed E-state index contributed by atoms with van der Waals surface area (Å²) < 4.78 is 0. The Morgan fingerprint density at radius 2 is 2.45 bits per heavy atom. The molecular formula is C8H14N2S. The van der Waals surface area contributed by atoms with E-state index >= 15 is 0 Å². The summed E-state index contributed by atoms with van der Waals surface area (Å²) in [6.45, 7) is 4.12. The van der Waals surface area contributed by atoms with Gasteiger partial charge in [-0.2, -0.15) is 0 Å². The van der Waals surface area contributed by atoms with Crippen LogP contribution in [0.2, 0.25) is 0 Å². The van der Waals surface area contributed by atoms with Crippen LogP contribution in [0.15, 0.2) is 5.38 Å². The minimum absolute atomic E-state index is 0.275. The van der Waals surface area contributed by atoms with Crippen molar-refractivity contribution in [1.82, 2.24) is 4.98 Å². The summed E-state index contributed by atoms with van der Waals surface area (Å²) in [6.07, 6.45) is 1.94. The number of hydrogen-bond acceptors (Lipinski definition) is 3. The number of aromatic nitrogens is 1. The molecule has 0 saturated heterocycles. The maximum absolute atomic E-state index is 5.78. The third-order valence-corrected chi connectivity index (χ3v) is 2.48. The van der Waals surface area contributed by atoms with Crippen LogP contribution in [-0.2, 0) is 6.42 Å². The Hall–Kier alpha value is -0.410. The quantitative estimate of drug-likeness (QED) is 0.750. The molecule has 1 atom stereocenters. The molecule has 0 unspecified atom stereocenters. The lowest BCUT2D eigenvalue weighted by Gasteiger charge is -2.04. The molecule has 0 fully saturated rings. The second-order valence-electron chi connectivity index (χ2n) is 2.73. The van der Waals surface area contributed by atoms with Crippen molar-refractivity contribution in [3.8, 4) is 0 Å². The summed E-state index contributed by atoms with van der Waals surface area (Å²) in [5.74, 6) is 0. The molecule has 0 spiro atoms. The average molecular weight is 170 g/mol. The average Bonchev–Trinajstić information content (AvgIpc) is 2.35. The van der Waals surface area contributed by atoms with Crippen molar-refractivity contribution in [2.24, 2.45) is 5.73 Å². The third kappa shape index (κ3) is 2.60. The fourth-order valence-corrected chi connectivity index (χ4v) is 1.54. The Balaban J connectivity index is 2.50. The van der Waals surface area contributed by atoms with E-state index in [-0.39, 0.29) is 6.04 Å². The maximum atomic E-state index is 5.78. The zero-order valence-electron chi connectivity index (χ0n) is 7.00. The standard InChI is InChI=1S/C8H14N2S/c1-3-7(9)4-8-5-11-6(2)10-8/h5,7H,3-4,9H2,1-2H3/t7-/m0/s1. The fourth-order valence-electron chi connectivity index (χ4n) is 0.915. The highest BCUT2D eigenvalue weighted by molar-refractivity contribution is 7.09. The van der Waals surface area contributed by atoms with Gasteiger partial charge in [-0.05, 0) is 13.3 Å². The first-order valence-corrected chi connectivity index (χ1v) is 4.77. The molecule has 0 aliphatic carbocycles. The molecule has 62 valence electrons. The molecule has 0 aliphatic heterocycles. The van der Waals surface area contributed by atoms with Crippen molar-refractivity contribution in [1.29, 1.82) is 0 Å². The van der Waals surface area contributed by atoms with E-state index in [0.29, 0.717) is 0 Å². The van der Waals surface area contributed by atoms with E-state index in [1.807, 2.05) is 6.92 Å². The molecule has 0 aromatic carbocycles. The molecule has 2 nitrogen and oxygen atoms in total. The zero-order chi connectivity index (χ0) is 8.27. The van der Waals surface area contributed by atoms with Crippen LogP contribution in [-0.4, -0.2) is 11.0 Å². The van der Waals surface area contributed by atoms with Gasteiger partial charge in [0.1, 0.15) is 0 Å². The van der Waals surface area contributed by atoms with E-state index in [9.17, 15) is 0 Å². The van der Waals surface area contributed by atoms with Gasteiger partial charge in [0.25, 0.3) is 0 Å². The Kier molecular flexibility index (Phi) is 3.02.